The summed E-state index contributed by atoms with van der Waals surface area (Å²) in [5.74, 6) is 0.507. The van der Waals surface area contributed by atoms with E-state index < -0.39 is 0 Å². The van der Waals surface area contributed by atoms with Crippen molar-refractivity contribution < 1.29 is 9.50 Å². The van der Waals surface area contributed by atoms with E-state index in [1.165, 1.54) is 12.1 Å². The lowest BCUT2D eigenvalue weighted by atomic mass is 9.78. The minimum Gasteiger partial charge on any atom is -0.392 e. The second kappa shape index (κ2) is 6.96. The third-order valence-corrected chi connectivity index (χ3v) is 5.84. The Morgan fingerprint density at radius 2 is 2.12 bits per heavy atom. The van der Waals surface area contributed by atoms with Gasteiger partial charge >= 0.3 is 0 Å². The number of nitrogens with one attached hydrogen (secondary N) is 1. The van der Waals surface area contributed by atoms with E-state index >= 15 is 0 Å². The van der Waals surface area contributed by atoms with Crippen LogP contribution in [0.15, 0.2) is 47.2 Å². The number of benzene rings is 1. The molecule has 7 heteroatoms. The summed E-state index contributed by atoms with van der Waals surface area (Å²) in [6.45, 7) is 0.612. The van der Waals surface area contributed by atoms with Crippen LogP contribution in [0.25, 0.3) is 5.65 Å². The van der Waals surface area contributed by atoms with Crippen molar-refractivity contribution in [2.75, 3.05) is 11.9 Å². The van der Waals surface area contributed by atoms with Crippen LogP contribution in [0.5, 0.6) is 0 Å². The van der Waals surface area contributed by atoms with E-state index in [0.717, 1.165) is 40.8 Å². The summed E-state index contributed by atoms with van der Waals surface area (Å²) in [5.41, 5.74) is 1.51. The van der Waals surface area contributed by atoms with Gasteiger partial charge in [-0.2, -0.15) is 5.10 Å². The molecule has 0 aliphatic heterocycles. The number of hydrogen-bond acceptors (Lipinski definition) is 4. The predicted molar refractivity (Wildman–Crippen MR) is 102 cm³/mol. The molecule has 0 bridgehead atoms. The molecule has 2 atom stereocenters. The molecule has 1 aliphatic carbocycles. The van der Waals surface area contributed by atoms with Gasteiger partial charge in [0.05, 0.1) is 16.8 Å². The van der Waals surface area contributed by atoms with Gasteiger partial charge in [-0.25, -0.2) is 13.9 Å². The molecule has 3 aromatic rings. The number of fused-ring (bicyclic) bond motifs is 1. The Morgan fingerprint density at radius 3 is 2.85 bits per heavy atom. The fourth-order valence-electron chi connectivity index (χ4n) is 3.81. The van der Waals surface area contributed by atoms with Crippen molar-refractivity contribution in [1.82, 2.24) is 14.6 Å². The third-order valence-electron chi connectivity index (χ3n) is 5.28. The van der Waals surface area contributed by atoms with Crippen LogP contribution in [0.2, 0.25) is 0 Å². The first-order valence-corrected chi connectivity index (χ1v) is 9.51. The van der Waals surface area contributed by atoms with Crippen LogP contribution in [0, 0.1) is 11.2 Å². The topological polar surface area (TPSA) is 62.5 Å². The molecule has 2 N–H and O–H groups in total. The minimum atomic E-state index is -0.384. The summed E-state index contributed by atoms with van der Waals surface area (Å²) in [6.07, 6.45) is 6.60. The van der Waals surface area contributed by atoms with E-state index in [0.29, 0.717) is 13.0 Å². The van der Waals surface area contributed by atoms with Crippen molar-refractivity contribution >= 4 is 27.4 Å². The van der Waals surface area contributed by atoms with Crippen LogP contribution in [-0.2, 0) is 6.42 Å². The maximum absolute atomic E-state index is 13.2. The number of halogens is 2. The summed E-state index contributed by atoms with van der Waals surface area (Å²) in [4.78, 5) is 4.58. The first-order valence-electron chi connectivity index (χ1n) is 8.72. The molecule has 1 saturated carbocycles. The molecule has 0 saturated heterocycles. The summed E-state index contributed by atoms with van der Waals surface area (Å²) < 4.78 is 15.7. The lowest BCUT2D eigenvalue weighted by Gasteiger charge is -2.33. The molecule has 1 fully saturated rings. The average Bonchev–Trinajstić information content (AvgIpc) is 3.19. The molecule has 0 spiro atoms. The van der Waals surface area contributed by atoms with Crippen LogP contribution in [0.1, 0.15) is 24.8 Å². The van der Waals surface area contributed by atoms with E-state index in [-0.39, 0.29) is 17.3 Å². The summed E-state index contributed by atoms with van der Waals surface area (Å²) in [5, 5.41) is 18.2. The zero-order chi connectivity index (χ0) is 18.1. The number of aliphatic hydroxyl groups excluding tert-OH is 1. The fraction of sp³-hybridized carbons (Fsp3) is 0.368. The van der Waals surface area contributed by atoms with Crippen molar-refractivity contribution in [2.45, 2.75) is 31.8 Å². The van der Waals surface area contributed by atoms with Gasteiger partial charge in [0.2, 0.25) is 0 Å². The summed E-state index contributed by atoms with van der Waals surface area (Å²) in [6, 6.07) is 8.43. The Kier molecular flexibility index (Phi) is 4.67. The molecule has 136 valence electrons. The SMILES string of the molecule is OC1CCCC1(CNc1ccn2ncc(Br)c2n1)Cc1ccc(F)cc1. The van der Waals surface area contributed by atoms with Crippen LogP contribution >= 0.6 is 15.9 Å². The number of aromatic nitrogens is 3. The summed E-state index contributed by atoms with van der Waals surface area (Å²) in [7, 11) is 0. The van der Waals surface area contributed by atoms with Crippen molar-refractivity contribution in [2.24, 2.45) is 5.41 Å². The van der Waals surface area contributed by atoms with E-state index in [2.05, 4.69) is 31.3 Å². The Hall–Kier alpha value is -1.99. The van der Waals surface area contributed by atoms with Gasteiger partial charge in [-0.05, 0) is 59.0 Å². The monoisotopic (exact) mass is 418 g/mol. The van der Waals surface area contributed by atoms with E-state index in [1.807, 2.05) is 12.3 Å². The molecule has 2 unspecified atom stereocenters. The van der Waals surface area contributed by atoms with Crippen molar-refractivity contribution in [3.63, 3.8) is 0 Å². The Labute approximate surface area is 159 Å². The van der Waals surface area contributed by atoms with Crippen molar-refractivity contribution in [3.05, 3.63) is 58.6 Å². The Bertz CT molecular complexity index is 914. The molecule has 0 amide bonds. The molecule has 2 aromatic heterocycles. The maximum atomic E-state index is 13.2. The highest BCUT2D eigenvalue weighted by Crippen LogP contribution is 2.41. The molecular formula is C19H20BrFN4O. The lowest BCUT2D eigenvalue weighted by molar-refractivity contribution is 0.0618. The first-order chi connectivity index (χ1) is 12.6. The van der Waals surface area contributed by atoms with Crippen LogP contribution in [0.4, 0.5) is 10.2 Å². The van der Waals surface area contributed by atoms with Gasteiger partial charge in [0.1, 0.15) is 11.6 Å². The van der Waals surface area contributed by atoms with Gasteiger partial charge in [0, 0.05) is 18.2 Å². The lowest BCUT2D eigenvalue weighted by Crippen LogP contribution is -2.39. The number of aliphatic hydroxyl groups is 1. The standard InChI is InChI=1S/C19H20BrFN4O/c20-15-11-23-25-9-7-17(24-18(15)25)22-12-19(8-1-2-16(19)26)10-13-3-5-14(21)6-4-13/h3-7,9,11,16,26H,1-2,8,10,12H2,(H,22,24). The maximum Gasteiger partial charge on any atom is 0.171 e. The van der Waals surface area contributed by atoms with Crippen LogP contribution < -0.4 is 5.32 Å². The van der Waals surface area contributed by atoms with Gasteiger partial charge in [-0.15, -0.1) is 0 Å². The van der Waals surface area contributed by atoms with Gasteiger partial charge in [-0.3, -0.25) is 0 Å². The predicted octanol–water partition coefficient (Wildman–Crippen LogP) is 3.82. The van der Waals surface area contributed by atoms with Gasteiger partial charge < -0.3 is 10.4 Å². The molecule has 1 aromatic carbocycles. The molecule has 4 rings (SSSR count). The number of anilines is 1. The highest BCUT2D eigenvalue weighted by atomic mass is 79.9. The van der Waals surface area contributed by atoms with Crippen LogP contribution in [-0.4, -0.2) is 32.4 Å². The third kappa shape index (κ3) is 3.33. The zero-order valence-electron chi connectivity index (χ0n) is 14.2. The number of hydrogen-bond donors (Lipinski definition) is 2. The largest absolute Gasteiger partial charge is 0.392 e. The summed E-state index contributed by atoms with van der Waals surface area (Å²) >= 11 is 3.44. The van der Waals surface area contributed by atoms with E-state index in [9.17, 15) is 9.50 Å². The van der Waals surface area contributed by atoms with E-state index in [4.69, 9.17) is 0 Å². The average molecular weight is 419 g/mol. The van der Waals surface area contributed by atoms with Gasteiger partial charge in [0.25, 0.3) is 0 Å². The second-order valence-corrected chi connectivity index (χ2v) is 7.85. The smallest absolute Gasteiger partial charge is 0.171 e. The molecule has 1 aliphatic rings. The molecule has 0 radical (unpaired) electrons. The van der Waals surface area contributed by atoms with Crippen molar-refractivity contribution in [3.8, 4) is 0 Å². The van der Waals surface area contributed by atoms with E-state index in [1.54, 1.807) is 22.8 Å². The first kappa shape index (κ1) is 17.4. The normalized spacial score (nSPS) is 22.8. The fourth-order valence-corrected chi connectivity index (χ4v) is 4.17. The molecule has 5 nitrogen and oxygen atoms in total. The van der Waals surface area contributed by atoms with Crippen LogP contribution in [0.3, 0.4) is 0 Å². The van der Waals surface area contributed by atoms with Gasteiger partial charge in [0.15, 0.2) is 5.65 Å². The quantitative estimate of drug-likeness (QED) is 0.660. The molecule has 2 heterocycles. The highest BCUT2D eigenvalue weighted by molar-refractivity contribution is 9.10. The zero-order valence-corrected chi connectivity index (χ0v) is 15.8. The number of nitrogens with zero attached hydrogens (tertiary/aromatic N) is 3. The van der Waals surface area contributed by atoms with Gasteiger partial charge in [-0.1, -0.05) is 18.6 Å². The van der Waals surface area contributed by atoms with Crippen molar-refractivity contribution in [1.29, 1.82) is 0 Å². The Morgan fingerprint density at radius 1 is 1.31 bits per heavy atom. The minimum absolute atomic E-state index is 0.239. The number of rotatable bonds is 5. The second-order valence-electron chi connectivity index (χ2n) is 7.00. The molecule has 26 heavy (non-hydrogen) atoms. The molecular weight excluding hydrogens is 399 g/mol. The highest BCUT2D eigenvalue weighted by Gasteiger charge is 2.41. The Balaban J connectivity index is 1.54.